The number of furan rings is 1. The molecule has 0 saturated carbocycles. The molecule has 15 heavy (non-hydrogen) atoms. The van der Waals surface area contributed by atoms with Gasteiger partial charge in [-0.15, -0.1) is 0 Å². The van der Waals surface area contributed by atoms with Crippen LogP contribution in [-0.4, -0.2) is 10.8 Å². The Bertz CT molecular complexity index is 486. The first-order valence-electron chi connectivity index (χ1n) is 4.71. The number of rotatable bonds is 2. The quantitative estimate of drug-likeness (QED) is 0.701. The molecule has 0 N–H and O–H groups in total. The van der Waals surface area contributed by atoms with Crippen molar-refractivity contribution in [1.82, 2.24) is 4.98 Å². The molecule has 2 aromatic rings. The lowest BCUT2D eigenvalue weighted by atomic mass is 10.1. The molecular formula is C12H11NO2. The summed E-state index contributed by atoms with van der Waals surface area (Å²) in [4.78, 5) is 15.5. The molecule has 2 rings (SSSR count). The lowest BCUT2D eigenvalue weighted by Gasteiger charge is -2.02. The monoisotopic (exact) mass is 201 g/mol. The van der Waals surface area contributed by atoms with Gasteiger partial charge in [0.25, 0.3) is 0 Å². The third-order valence-electron chi connectivity index (χ3n) is 2.24. The van der Waals surface area contributed by atoms with Crippen molar-refractivity contribution in [1.29, 1.82) is 0 Å². The second-order valence-electron chi connectivity index (χ2n) is 3.36. The van der Waals surface area contributed by atoms with Crippen LogP contribution in [0.5, 0.6) is 0 Å². The van der Waals surface area contributed by atoms with Crippen LogP contribution in [0.4, 0.5) is 0 Å². The predicted molar refractivity (Wildman–Crippen MR) is 56.7 cm³/mol. The first-order chi connectivity index (χ1) is 7.18. The van der Waals surface area contributed by atoms with Crippen LogP contribution in [0.3, 0.4) is 0 Å². The first kappa shape index (κ1) is 9.65. The van der Waals surface area contributed by atoms with E-state index in [4.69, 9.17) is 4.42 Å². The molecule has 0 saturated heterocycles. The smallest absolute Gasteiger partial charge is 0.161 e. The van der Waals surface area contributed by atoms with E-state index in [0.29, 0.717) is 11.3 Å². The molecule has 0 fully saturated rings. The Labute approximate surface area is 87.8 Å². The summed E-state index contributed by atoms with van der Waals surface area (Å²) in [5.41, 5.74) is 2.14. The van der Waals surface area contributed by atoms with E-state index < -0.39 is 0 Å². The normalized spacial score (nSPS) is 10.3. The average Bonchev–Trinajstić information content (AvgIpc) is 2.69. The van der Waals surface area contributed by atoms with Crippen molar-refractivity contribution in [3.8, 4) is 11.5 Å². The number of hydrogen-bond donors (Lipinski definition) is 0. The molecule has 0 aliphatic rings. The molecule has 0 aliphatic carbocycles. The largest absolute Gasteiger partial charge is 0.463 e. The number of carbonyl (C=O) groups is 1. The van der Waals surface area contributed by atoms with Crippen molar-refractivity contribution in [2.45, 2.75) is 13.8 Å². The van der Waals surface area contributed by atoms with Crippen LogP contribution in [0.15, 0.2) is 34.9 Å². The molecule has 0 spiro atoms. The summed E-state index contributed by atoms with van der Waals surface area (Å²) >= 11 is 0. The van der Waals surface area contributed by atoms with Crippen molar-refractivity contribution < 1.29 is 9.21 Å². The van der Waals surface area contributed by atoms with Gasteiger partial charge in [0.05, 0.1) is 6.26 Å². The highest BCUT2D eigenvalue weighted by molar-refractivity contribution is 5.95. The van der Waals surface area contributed by atoms with Crippen molar-refractivity contribution in [2.75, 3.05) is 0 Å². The molecule has 0 atom stereocenters. The minimum absolute atomic E-state index is 0.0333. The SMILES string of the molecule is CC(=O)c1ccc(-c2ccco2)nc1C. The zero-order valence-electron chi connectivity index (χ0n) is 8.65. The lowest BCUT2D eigenvalue weighted by Crippen LogP contribution is -1.99. The summed E-state index contributed by atoms with van der Waals surface area (Å²) in [6.07, 6.45) is 1.60. The van der Waals surface area contributed by atoms with E-state index in [2.05, 4.69) is 4.98 Å². The van der Waals surface area contributed by atoms with Crippen LogP contribution in [0.1, 0.15) is 23.0 Å². The van der Waals surface area contributed by atoms with Crippen molar-refractivity contribution in [3.05, 3.63) is 41.8 Å². The summed E-state index contributed by atoms with van der Waals surface area (Å²) in [6, 6.07) is 7.23. The molecule has 0 bridgehead atoms. The molecule has 3 nitrogen and oxygen atoms in total. The van der Waals surface area contributed by atoms with Crippen molar-refractivity contribution >= 4 is 5.78 Å². The van der Waals surface area contributed by atoms with Gasteiger partial charge in [0.1, 0.15) is 5.69 Å². The Morgan fingerprint density at radius 3 is 2.67 bits per heavy atom. The van der Waals surface area contributed by atoms with Gasteiger partial charge in [-0.05, 0) is 38.1 Å². The molecule has 3 heteroatoms. The standard InChI is InChI=1S/C12H11NO2/c1-8-10(9(2)14)5-6-11(13-8)12-4-3-7-15-12/h3-7H,1-2H3. The zero-order chi connectivity index (χ0) is 10.8. The van der Waals surface area contributed by atoms with Gasteiger partial charge >= 0.3 is 0 Å². The fraction of sp³-hybridized carbons (Fsp3) is 0.167. The number of aromatic nitrogens is 1. The summed E-state index contributed by atoms with van der Waals surface area (Å²) in [6.45, 7) is 3.36. The Morgan fingerprint density at radius 1 is 1.33 bits per heavy atom. The Kier molecular flexibility index (Phi) is 2.37. The van der Waals surface area contributed by atoms with Gasteiger partial charge in [-0.3, -0.25) is 4.79 Å². The maximum Gasteiger partial charge on any atom is 0.161 e. The minimum Gasteiger partial charge on any atom is -0.463 e. The number of aryl methyl sites for hydroxylation is 1. The van der Waals surface area contributed by atoms with Gasteiger partial charge in [0.2, 0.25) is 0 Å². The second kappa shape index (κ2) is 3.69. The molecule has 0 unspecified atom stereocenters. The van der Waals surface area contributed by atoms with E-state index in [1.54, 1.807) is 18.4 Å². The van der Waals surface area contributed by atoms with Crippen molar-refractivity contribution in [2.24, 2.45) is 0 Å². The number of nitrogens with zero attached hydrogens (tertiary/aromatic N) is 1. The number of hydrogen-bond acceptors (Lipinski definition) is 3. The van der Waals surface area contributed by atoms with E-state index >= 15 is 0 Å². The molecule has 0 aliphatic heterocycles. The zero-order valence-corrected chi connectivity index (χ0v) is 8.65. The molecule has 0 radical (unpaired) electrons. The lowest BCUT2D eigenvalue weighted by molar-refractivity contribution is 0.101. The summed E-state index contributed by atoms with van der Waals surface area (Å²) in [7, 11) is 0. The van der Waals surface area contributed by atoms with E-state index in [9.17, 15) is 4.79 Å². The number of Topliss-reactive ketones (excluding diaryl/α,β-unsaturated/α-hetero) is 1. The second-order valence-corrected chi connectivity index (χ2v) is 3.36. The molecular weight excluding hydrogens is 190 g/mol. The van der Waals surface area contributed by atoms with E-state index in [-0.39, 0.29) is 5.78 Å². The van der Waals surface area contributed by atoms with Gasteiger partial charge in [0.15, 0.2) is 11.5 Å². The van der Waals surface area contributed by atoms with Crippen LogP contribution in [0.2, 0.25) is 0 Å². The van der Waals surface area contributed by atoms with Crippen molar-refractivity contribution in [3.63, 3.8) is 0 Å². The van der Waals surface area contributed by atoms with Gasteiger partial charge < -0.3 is 4.42 Å². The molecule has 2 aromatic heterocycles. The summed E-state index contributed by atoms with van der Waals surface area (Å²) in [5.74, 6) is 0.749. The number of pyridine rings is 1. The summed E-state index contributed by atoms with van der Waals surface area (Å²) in [5, 5.41) is 0. The number of carbonyl (C=O) groups excluding carboxylic acids is 1. The van der Waals surface area contributed by atoms with Crippen LogP contribution in [0.25, 0.3) is 11.5 Å². The van der Waals surface area contributed by atoms with Gasteiger partial charge in [0, 0.05) is 11.3 Å². The number of ketones is 1. The highest BCUT2D eigenvalue weighted by Crippen LogP contribution is 2.19. The summed E-state index contributed by atoms with van der Waals surface area (Å²) < 4.78 is 5.23. The first-order valence-corrected chi connectivity index (χ1v) is 4.71. The van der Waals surface area contributed by atoms with Gasteiger partial charge in [-0.1, -0.05) is 0 Å². The molecule has 76 valence electrons. The third kappa shape index (κ3) is 1.81. The fourth-order valence-corrected chi connectivity index (χ4v) is 1.49. The Balaban J connectivity index is 2.47. The Hall–Kier alpha value is -1.90. The van der Waals surface area contributed by atoms with Gasteiger partial charge in [-0.25, -0.2) is 4.98 Å². The highest BCUT2D eigenvalue weighted by atomic mass is 16.3. The molecule has 0 aromatic carbocycles. The van der Waals surface area contributed by atoms with E-state index in [1.807, 2.05) is 19.1 Å². The van der Waals surface area contributed by atoms with Crippen LogP contribution >= 0.6 is 0 Å². The highest BCUT2D eigenvalue weighted by Gasteiger charge is 2.08. The third-order valence-corrected chi connectivity index (χ3v) is 2.24. The predicted octanol–water partition coefficient (Wildman–Crippen LogP) is 2.85. The fourth-order valence-electron chi connectivity index (χ4n) is 1.49. The minimum atomic E-state index is 0.0333. The Morgan fingerprint density at radius 2 is 2.13 bits per heavy atom. The topological polar surface area (TPSA) is 43.1 Å². The molecule has 0 amide bonds. The van der Waals surface area contributed by atoms with E-state index in [1.165, 1.54) is 6.92 Å². The van der Waals surface area contributed by atoms with Crippen LogP contribution in [-0.2, 0) is 0 Å². The molecule has 2 heterocycles. The van der Waals surface area contributed by atoms with Gasteiger partial charge in [-0.2, -0.15) is 0 Å². The maximum atomic E-state index is 11.2. The van der Waals surface area contributed by atoms with E-state index in [0.717, 1.165) is 11.4 Å². The average molecular weight is 201 g/mol. The maximum absolute atomic E-state index is 11.2. The van der Waals surface area contributed by atoms with Crippen LogP contribution in [0, 0.1) is 6.92 Å². The van der Waals surface area contributed by atoms with Crippen LogP contribution < -0.4 is 0 Å².